The number of aliphatic carboxylic acids is 1. The summed E-state index contributed by atoms with van der Waals surface area (Å²) in [6.45, 7) is -0.554. The van der Waals surface area contributed by atoms with Crippen molar-refractivity contribution < 1.29 is 27.5 Å². The van der Waals surface area contributed by atoms with Gasteiger partial charge in [-0.3, -0.25) is 9.69 Å². The second kappa shape index (κ2) is 5.57. The summed E-state index contributed by atoms with van der Waals surface area (Å²) in [6, 6.07) is 4.06. The molecule has 2 rings (SSSR count). The molecule has 1 atom stereocenters. The van der Waals surface area contributed by atoms with E-state index in [1.807, 2.05) is 0 Å². The number of carboxylic acid groups (broad SMARTS) is 1. The Morgan fingerprint density at radius 3 is 2.52 bits per heavy atom. The number of hydrogen-bond donors (Lipinski definition) is 1. The van der Waals surface area contributed by atoms with Crippen molar-refractivity contribution in [2.45, 2.75) is 19.1 Å². The molecule has 0 spiro atoms. The van der Waals surface area contributed by atoms with E-state index in [1.54, 1.807) is 6.07 Å². The first-order valence-electron chi connectivity index (χ1n) is 6.11. The van der Waals surface area contributed by atoms with Gasteiger partial charge in [-0.1, -0.05) is 15.9 Å². The summed E-state index contributed by atoms with van der Waals surface area (Å²) in [5, 5.41) is 8.96. The van der Waals surface area contributed by atoms with Crippen molar-refractivity contribution in [3.63, 3.8) is 0 Å². The summed E-state index contributed by atoms with van der Waals surface area (Å²) >= 11 is 3.11. The zero-order chi connectivity index (χ0) is 15.8. The largest absolute Gasteiger partial charge is 0.481 e. The zero-order valence-electron chi connectivity index (χ0n) is 10.8. The van der Waals surface area contributed by atoms with Gasteiger partial charge in [0.2, 0.25) is 0 Å². The van der Waals surface area contributed by atoms with Crippen molar-refractivity contribution in [3.05, 3.63) is 34.1 Å². The van der Waals surface area contributed by atoms with E-state index in [0.29, 0.717) is 10.0 Å². The number of rotatable bonds is 3. The first kappa shape index (κ1) is 16.2. The fourth-order valence-corrected chi connectivity index (χ4v) is 3.02. The third kappa shape index (κ3) is 3.21. The first-order chi connectivity index (χ1) is 9.64. The smallest absolute Gasteiger partial charge is 0.406 e. The summed E-state index contributed by atoms with van der Waals surface area (Å²) in [7, 11) is 0. The van der Waals surface area contributed by atoms with Crippen LogP contribution < -0.4 is 0 Å². The van der Waals surface area contributed by atoms with E-state index in [9.17, 15) is 22.4 Å². The van der Waals surface area contributed by atoms with E-state index < -0.39 is 36.3 Å². The molecule has 0 amide bonds. The van der Waals surface area contributed by atoms with Gasteiger partial charge in [-0.05, 0) is 30.2 Å². The third-order valence-electron chi connectivity index (χ3n) is 3.63. The number of nitrogens with zero attached hydrogens (tertiary/aromatic N) is 1. The maximum atomic E-state index is 13.2. The molecule has 116 valence electrons. The monoisotopic (exact) mass is 369 g/mol. The highest BCUT2D eigenvalue weighted by molar-refractivity contribution is 9.10. The Balaban J connectivity index is 2.16. The van der Waals surface area contributed by atoms with Crippen molar-refractivity contribution in [3.8, 4) is 0 Å². The van der Waals surface area contributed by atoms with Gasteiger partial charge < -0.3 is 5.11 Å². The summed E-state index contributed by atoms with van der Waals surface area (Å²) in [4.78, 5) is 12.4. The Bertz CT molecular complexity index is 543. The van der Waals surface area contributed by atoms with Crippen LogP contribution >= 0.6 is 15.9 Å². The van der Waals surface area contributed by atoms with Gasteiger partial charge in [-0.25, -0.2) is 4.39 Å². The summed E-state index contributed by atoms with van der Waals surface area (Å²) in [6.07, 6.45) is -5.31. The molecule has 0 saturated carbocycles. The Morgan fingerprint density at radius 2 is 2.05 bits per heavy atom. The Hall–Kier alpha value is -1.15. The molecule has 1 aromatic rings. The molecule has 0 radical (unpaired) electrons. The lowest BCUT2D eigenvalue weighted by molar-refractivity contribution is -0.227. The van der Waals surface area contributed by atoms with Crippen LogP contribution in [0.15, 0.2) is 22.7 Å². The van der Waals surface area contributed by atoms with Crippen LogP contribution in [0.25, 0.3) is 0 Å². The lowest BCUT2D eigenvalue weighted by Crippen LogP contribution is -2.47. The Labute approximate surface area is 126 Å². The molecular weight excluding hydrogens is 358 g/mol. The zero-order valence-corrected chi connectivity index (χ0v) is 12.3. The van der Waals surface area contributed by atoms with Crippen molar-refractivity contribution in [1.29, 1.82) is 0 Å². The summed E-state index contributed by atoms with van der Waals surface area (Å²) in [5.41, 5.74) is -2.25. The van der Waals surface area contributed by atoms with Crippen LogP contribution in [-0.2, 0) is 11.3 Å². The van der Waals surface area contributed by atoms with Crippen LogP contribution in [0.5, 0.6) is 0 Å². The molecule has 1 aliphatic rings. The normalized spacial score (nSPS) is 23.5. The highest BCUT2D eigenvalue weighted by atomic mass is 79.9. The van der Waals surface area contributed by atoms with E-state index >= 15 is 0 Å². The van der Waals surface area contributed by atoms with Gasteiger partial charge >= 0.3 is 12.1 Å². The van der Waals surface area contributed by atoms with Crippen LogP contribution in [0.4, 0.5) is 17.6 Å². The van der Waals surface area contributed by atoms with Crippen LogP contribution in [0, 0.1) is 11.2 Å². The van der Waals surface area contributed by atoms with Gasteiger partial charge in [-0.2, -0.15) is 13.2 Å². The minimum absolute atomic E-state index is 0.0000572. The quantitative estimate of drug-likeness (QED) is 0.829. The highest BCUT2D eigenvalue weighted by Gasteiger charge is 2.63. The van der Waals surface area contributed by atoms with E-state index in [0.717, 1.165) is 0 Å². The van der Waals surface area contributed by atoms with Crippen LogP contribution in [-0.4, -0.2) is 35.2 Å². The average Bonchev–Trinajstić information content (AvgIpc) is 2.72. The number of carbonyl (C=O) groups is 1. The van der Waals surface area contributed by atoms with Gasteiger partial charge in [0.05, 0.1) is 0 Å². The molecule has 1 saturated heterocycles. The summed E-state index contributed by atoms with van der Waals surface area (Å²) < 4.78 is 52.8. The number of halogens is 5. The lowest BCUT2D eigenvalue weighted by atomic mass is 9.86. The maximum Gasteiger partial charge on any atom is 0.406 e. The number of hydrogen-bond acceptors (Lipinski definition) is 2. The lowest BCUT2D eigenvalue weighted by Gasteiger charge is -2.27. The fourth-order valence-electron chi connectivity index (χ4n) is 2.51. The molecule has 1 aliphatic heterocycles. The van der Waals surface area contributed by atoms with Gasteiger partial charge in [0.15, 0.2) is 5.41 Å². The minimum Gasteiger partial charge on any atom is -0.481 e. The van der Waals surface area contributed by atoms with E-state index in [1.165, 1.54) is 17.0 Å². The second-order valence-electron chi connectivity index (χ2n) is 5.12. The molecule has 3 nitrogen and oxygen atoms in total. The highest BCUT2D eigenvalue weighted by Crippen LogP contribution is 2.46. The Kier molecular flexibility index (Phi) is 4.30. The molecule has 1 aromatic carbocycles. The Morgan fingerprint density at radius 1 is 1.38 bits per heavy atom. The number of carboxylic acids is 1. The van der Waals surface area contributed by atoms with Crippen molar-refractivity contribution in [1.82, 2.24) is 4.90 Å². The van der Waals surface area contributed by atoms with Gasteiger partial charge in [-0.15, -0.1) is 0 Å². The standard InChI is InChI=1S/C13H12BrF4NO2/c14-9-3-8(4-10(15)5-9)6-19-2-1-12(7-19,11(20)21)13(16,17)18/h3-5H,1-2,6-7H2,(H,20,21). The van der Waals surface area contributed by atoms with Gasteiger partial charge in [0.1, 0.15) is 5.82 Å². The SMILES string of the molecule is O=C(O)C1(C(F)(F)F)CCN(Cc2cc(F)cc(Br)c2)C1. The number of benzene rings is 1. The molecule has 8 heteroatoms. The van der Waals surface area contributed by atoms with Crippen LogP contribution in [0.1, 0.15) is 12.0 Å². The van der Waals surface area contributed by atoms with Crippen LogP contribution in [0.2, 0.25) is 0 Å². The van der Waals surface area contributed by atoms with Crippen LogP contribution in [0.3, 0.4) is 0 Å². The molecule has 1 fully saturated rings. The first-order valence-corrected chi connectivity index (χ1v) is 6.91. The molecule has 1 N–H and O–H groups in total. The van der Waals surface area contributed by atoms with E-state index in [2.05, 4.69) is 15.9 Å². The topological polar surface area (TPSA) is 40.5 Å². The minimum atomic E-state index is -4.81. The van der Waals surface area contributed by atoms with E-state index in [-0.39, 0.29) is 13.1 Å². The molecule has 21 heavy (non-hydrogen) atoms. The maximum absolute atomic E-state index is 13.2. The molecule has 1 heterocycles. The number of alkyl halides is 3. The van der Waals surface area contributed by atoms with Crippen molar-refractivity contribution in [2.75, 3.05) is 13.1 Å². The molecule has 0 bridgehead atoms. The van der Waals surface area contributed by atoms with Gasteiger partial charge in [0.25, 0.3) is 0 Å². The predicted octanol–water partition coefficient (Wildman–Crippen LogP) is 3.43. The van der Waals surface area contributed by atoms with Crippen molar-refractivity contribution >= 4 is 21.9 Å². The fraction of sp³-hybridized carbons (Fsp3) is 0.462. The number of likely N-dealkylation sites (tertiary alicyclic amines) is 1. The molecular formula is C13H12BrF4NO2. The summed E-state index contributed by atoms with van der Waals surface area (Å²) in [5.74, 6) is -2.36. The van der Waals surface area contributed by atoms with Gasteiger partial charge in [0, 0.05) is 24.1 Å². The third-order valence-corrected chi connectivity index (χ3v) is 4.09. The van der Waals surface area contributed by atoms with Crippen molar-refractivity contribution in [2.24, 2.45) is 5.41 Å². The molecule has 0 aliphatic carbocycles. The van der Waals surface area contributed by atoms with E-state index in [4.69, 9.17) is 5.11 Å². The second-order valence-corrected chi connectivity index (χ2v) is 6.04. The predicted molar refractivity (Wildman–Crippen MR) is 70.1 cm³/mol. The molecule has 0 aromatic heterocycles. The average molecular weight is 370 g/mol. The molecule has 1 unspecified atom stereocenters.